The van der Waals surface area contributed by atoms with E-state index in [0.717, 1.165) is 19.3 Å². The Bertz CT molecular complexity index is 372. The Labute approximate surface area is 151 Å². The molecule has 0 aliphatic rings. The highest BCUT2D eigenvalue weighted by molar-refractivity contribution is 5.89. The molecular weight excluding hydrogens is 324 g/mol. The van der Waals surface area contributed by atoms with E-state index in [9.17, 15) is 14.4 Å². The topological polar surface area (TPSA) is 105 Å². The van der Waals surface area contributed by atoms with Crippen molar-refractivity contribution in [2.75, 3.05) is 19.8 Å². The van der Waals surface area contributed by atoms with Gasteiger partial charge in [-0.1, -0.05) is 47.0 Å². The molecule has 0 fully saturated rings. The maximum Gasteiger partial charge on any atom is 0.325 e. The van der Waals surface area contributed by atoms with Gasteiger partial charge in [-0.3, -0.25) is 14.4 Å². The van der Waals surface area contributed by atoms with Gasteiger partial charge in [-0.25, -0.2) is 0 Å². The molecule has 0 saturated carbocycles. The zero-order valence-electron chi connectivity index (χ0n) is 16.4. The van der Waals surface area contributed by atoms with E-state index in [1.165, 1.54) is 6.42 Å². The van der Waals surface area contributed by atoms with Gasteiger partial charge < -0.3 is 20.5 Å². The Hall–Kier alpha value is -1.63. The molecule has 0 aliphatic heterocycles. The van der Waals surface area contributed by atoms with Crippen molar-refractivity contribution >= 4 is 17.8 Å². The lowest BCUT2D eigenvalue weighted by atomic mass is 10.1. The number of aliphatic hydroxyl groups excluding tert-OH is 1. The van der Waals surface area contributed by atoms with Crippen molar-refractivity contribution in [3.05, 3.63) is 0 Å². The van der Waals surface area contributed by atoms with Gasteiger partial charge in [0.15, 0.2) is 0 Å². The van der Waals surface area contributed by atoms with Crippen LogP contribution in [0.3, 0.4) is 0 Å². The molecular formula is C18H36N2O5. The summed E-state index contributed by atoms with van der Waals surface area (Å²) in [5, 5.41) is 13.9. The van der Waals surface area contributed by atoms with Crippen LogP contribution in [0, 0.1) is 5.92 Å². The first-order valence-electron chi connectivity index (χ1n) is 9.15. The van der Waals surface area contributed by atoms with E-state index in [4.69, 9.17) is 5.11 Å². The minimum atomic E-state index is -1.05. The molecule has 0 aliphatic carbocycles. The maximum atomic E-state index is 11.7. The number of esters is 1. The Balaban J connectivity index is 0. The van der Waals surface area contributed by atoms with Gasteiger partial charge in [0.2, 0.25) is 11.8 Å². The molecule has 1 atom stereocenters. The molecule has 7 heteroatoms. The quantitative estimate of drug-likeness (QED) is 0.385. The van der Waals surface area contributed by atoms with Crippen LogP contribution < -0.4 is 10.6 Å². The highest BCUT2D eigenvalue weighted by Crippen LogP contribution is 2.07. The van der Waals surface area contributed by atoms with Crippen molar-refractivity contribution in [3.8, 4) is 0 Å². The van der Waals surface area contributed by atoms with E-state index in [-0.39, 0.29) is 19.1 Å². The standard InChI is InChI=1S/C15H28N2O5.C3H8/c1-4-22-14(20)9-16-15(21)12(10-18)17-13(19)8-6-5-7-11(2)3;1-3-2/h11-12,18H,4-10H2,1-3H3,(H,16,21)(H,17,19);3H2,1-2H3. The van der Waals surface area contributed by atoms with E-state index in [2.05, 4.69) is 43.1 Å². The molecule has 3 N–H and O–H groups in total. The average molecular weight is 360 g/mol. The Morgan fingerprint density at radius 1 is 1.08 bits per heavy atom. The second-order valence-electron chi connectivity index (χ2n) is 6.17. The van der Waals surface area contributed by atoms with E-state index in [0.29, 0.717) is 12.3 Å². The van der Waals surface area contributed by atoms with Crippen molar-refractivity contribution in [2.24, 2.45) is 5.92 Å². The number of ether oxygens (including phenoxy) is 1. The second kappa shape index (κ2) is 17.2. The van der Waals surface area contributed by atoms with Crippen molar-refractivity contribution in [2.45, 2.75) is 72.8 Å². The number of rotatable bonds is 11. The van der Waals surface area contributed by atoms with E-state index in [1.54, 1.807) is 6.92 Å². The van der Waals surface area contributed by atoms with Crippen LogP contribution in [0.1, 0.15) is 66.7 Å². The number of amides is 2. The normalized spacial score (nSPS) is 11.2. The smallest absolute Gasteiger partial charge is 0.325 e. The van der Waals surface area contributed by atoms with Crippen LogP contribution in [-0.4, -0.2) is 48.7 Å². The molecule has 0 heterocycles. The molecule has 0 bridgehead atoms. The Morgan fingerprint density at radius 3 is 2.16 bits per heavy atom. The van der Waals surface area contributed by atoms with Crippen molar-refractivity contribution in [1.82, 2.24) is 10.6 Å². The summed E-state index contributed by atoms with van der Waals surface area (Å²) in [5.74, 6) is -0.852. The van der Waals surface area contributed by atoms with Gasteiger partial charge in [-0.2, -0.15) is 0 Å². The monoisotopic (exact) mass is 360 g/mol. The van der Waals surface area contributed by atoms with Crippen LogP contribution in [0.15, 0.2) is 0 Å². The van der Waals surface area contributed by atoms with E-state index in [1.807, 2.05) is 0 Å². The molecule has 0 aromatic rings. The third kappa shape index (κ3) is 17.0. The summed E-state index contributed by atoms with van der Waals surface area (Å²) in [6.45, 7) is 9.58. The molecule has 148 valence electrons. The van der Waals surface area contributed by atoms with Crippen molar-refractivity contribution in [3.63, 3.8) is 0 Å². The highest BCUT2D eigenvalue weighted by Gasteiger charge is 2.20. The summed E-state index contributed by atoms with van der Waals surface area (Å²) in [6.07, 6.45) is 4.31. The van der Waals surface area contributed by atoms with Crippen LogP contribution in [0.25, 0.3) is 0 Å². The maximum absolute atomic E-state index is 11.7. The average Bonchev–Trinajstić information content (AvgIpc) is 2.55. The van der Waals surface area contributed by atoms with Crippen LogP contribution >= 0.6 is 0 Å². The van der Waals surface area contributed by atoms with Gasteiger partial charge in [0.25, 0.3) is 0 Å². The van der Waals surface area contributed by atoms with Gasteiger partial charge >= 0.3 is 5.97 Å². The first-order valence-corrected chi connectivity index (χ1v) is 9.15. The molecule has 1 unspecified atom stereocenters. The minimum Gasteiger partial charge on any atom is -0.465 e. The number of carbonyl (C=O) groups is 3. The predicted octanol–water partition coefficient (Wildman–Crippen LogP) is 1.78. The first kappa shape index (κ1) is 25.6. The van der Waals surface area contributed by atoms with Crippen LogP contribution in [0.4, 0.5) is 0 Å². The van der Waals surface area contributed by atoms with Crippen molar-refractivity contribution < 1.29 is 24.2 Å². The molecule has 0 rings (SSSR count). The third-order valence-electron chi connectivity index (χ3n) is 2.98. The second-order valence-corrected chi connectivity index (χ2v) is 6.17. The largest absolute Gasteiger partial charge is 0.465 e. The molecule has 0 aromatic heterocycles. The number of carbonyl (C=O) groups excluding carboxylic acids is 3. The zero-order chi connectivity index (χ0) is 19.7. The van der Waals surface area contributed by atoms with Gasteiger partial charge in [-0.15, -0.1) is 0 Å². The lowest BCUT2D eigenvalue weighted by molar-refractivity contribution is -0.143. The SMILES string of the molecule is CCC.CCOC(=O)CNC(=O)C(CO)NC(=O)CCCCC(C)C. The molecule has 0 saturated heterocycles. The lowest BCUT2D eigenvalue weighted by Crippen LogP contribution is -2.50. The fourth-order valence-corrected chi connectivity index (χ4v) is 1.79. The van der Waals surface area contributed by atoms with E-state index < -0.39 is 24.5 Å². The molecule has 0 radical (unpaired) electrons. The van der Waals surface area contributed by atoms with Gasteiger partial charge in [0.1, 0.15) is 12.6 Å². The third-order valence-corrected chi connectivity index (χ3v) is 2.98. The van der Waals surface area contributed by atoms with Crippen LogP contribution in [0.5, 0.6) is 0 Å². The van der Waals surface area contributed by atoms with Gasteiger partial charge in [0.05, 0.1) is 13.2 Å². The first-order chi connectivity index (χ1) is 11.8. The predicted molar refractivity (Wildman–Crippen MR) is 97.9 cm³/mol. The van der Waals surface area contributed by atoms with Crippen LogP contribution in [0.2, 0.25) is 0 Å². The lowest BCUT2D eigenvalue weighted by Gasteiger charge is -2.16. The summed E-state index contributed by atoms with van der Waals surface area (Å²) < 4.78 is 4.67. The van der Waals surface area contributed by atoms with Gasteiger partial charge in [0, 0.05) is 6.42 Å². The number of nitrogens with one attached hydrogen (secondary N) is 2. The molecule has 25 heavy (non-hydrogen) atoms. The fraction of sp³-hybridized carbons (Fsp3) is 0.833. The molecule has 7 nitrogen and oxygen atoms in total. The molecule has 2 amide bonds. The Morgan fingerprint density at radius 2 is 1.68 bits per heavy atom. The zero-order valence-corrected chi connectivity index (χ0v) is 16.4. The molecule has 0 spiro atoms. The summed E-state index contributed by atoms with van der Waals surface area (Å²) >= 11 is 0. The van der Waals surface area contributed by atoms with E-state index >= 15 is 0 Å². The summed E-state index contributed by atoms with van der Waals surface area (Å²) in [4.78, 5) is 34.6. The molecule has 0 aromatic carbocycles. The summed E-state index contributed by atoms with van der Waals surface area (Å²) in [7, 11) is 0. The number of hydrogen-bond acceptors (Lipinski definition) is 5. The highest BCUT2D eigenvalue weighted by atomic mass is 16.5. The van der Waals surface area contributed by atoms with Crippen LogP contribution in [-0.2, 0) is 19.1 Å². The minimum absolute atomic E-state index is 0.227. The van der Waals surface area contributed by atoms with Gasteiger partial charge in [-0.05, 0) is 19.3 Å². The summed E-state index contributed by atoms with van der Waals surface area (Å²) in [6, 6.07) is -1.05. The summed E-state index contributed by atoms with van der Waals surface area (Å²) in [5.41, 5.74) is 0. The number of aliphatic hydroxyl groups is 1. The number of hydrogen-bond donors (Lipinski definition) is 3. The Kier molecular flexibility index (Phi) is 17.6. The van der Waals surface area contributed by atoms with Crippen molar-refractivity contribution in [1.29, 1.82) is 0 Å². The number of unbranched alkanes of at least 4 members (excludes halogenated alkanes) is 1. The fourth-order valence-electron chi connectivity index (χ4n) is 1.79.